The summed E-state index contributed by atoms with van der Waals surface area (Å²) < 4.78 is 38.4. The molecule has 0 bridgehead atoms. The van der Waals surface area contributed by atoms with Crippen LogP contribution in [0.5, 0.6) is 0 Å². The maximum atomic E-state index is 12.8. The highest BCUT2D eigenvalue weighted by Crippen LogP contribution is 2.37. The van der Waals surface area contributed by atoms with Gasteiger partial charge in [-0.1, -0.05) is 0 Å². The highest BCUT2D eigenvalue weighted by molar-refractivity contribution is 5.55. The molecule has 2 rings (SSSR count). The van der Waals surface area contributed by atoms with Crippen molar-refractivity contribution in [2.45, 2.75) is 12.7 Å². The van der Waals surface area contributed by atoms with Gasteiger partial charge in [-0.05, 0) is 24.3 Å². The summed E-state index contributed by atoms with van der Waals surface area (Å²) in [5, 5.41) is 20.7. The molecule has 110 valence electrons. The van der Waals surface area contributed by atoms with Crippen LogP contribution in [0.15, 0.2) is 36.5 Å². The molecule has 1 heterocycles. The van der Waals surface area contributed by atoms with Crippen LogP contribution in [0.3, 0.4) is 0 Å². The molecule has 0 saturated carbocycles. The fourth-order valence-electron chi connectivity index (χ4n) is 1.65. The Labute approximate surface area is 116 Å². The molecule has 0 fully saturated rings. The number of benzene rings is 1. The molecule has 1 aromatic heterocycles. The minimum atomic E-state index is -4.80. The summed E-state index contributed by atoms with van der Waals surface area (Å²) in [7, 11) is 0. The van der Waals surface area contributed by atoms with Gasteiger partial charge < -0.3 is 5.32 Å². The van der Waals surface area contributed by atoms with Gasteiger partial charge in [0.05, 0.1) is 17.2 Å². The molecule has 1 N–H and O–H groups in total. The molecule has 0 saturated heterocycles. The van der Waals surface area contributed by atoms with Crippen molar-refractivity contribution in [2.75, 3.05) is 5.32 Å². The summed E-state index contributed by atoms with van der Waals surface area (Å²) >= 11 is 0. The number of aromatic nitrogens is 2. The van der Waals surface area contributed by atoms with Crippen LogP contribution >= 0.6 is 0 Å². The van der Waals surface area contributed by atoms with Crippen molar-refractivity contribution in [1.29, 1.82) is 0 Å². The lowest BCUT2D eigenvalue weighted by Crippen LogP contribution is -2.10. The highest BCUT2D eigenvalue weighted by Gasteiger charge is 2.38. The molecule has 1 aromatic carbocycles. The second-order valence-electron chi connectivity index (χ2n) is 4.06. The Morgan fingerprint density at radius 2 is 2.05 bits per heavy atom. The maximum absolute atomic E-state index is 12.8. The fourth-order valence-corrected chi connectivity index (χ4v) is 1.65. The number of alkyl halides is 3. The van der Waals surface area contributed by atoms with Gasteiger partial charge in [-0.3, -0.25) is 10.1 Å². The zero-order valence-electron chi connectivity index (χ0n) is 10.5. The minimum absolute atomic E-state index is 0.110. The first kappa shape index (κ1) is 14.7. The molecule has 0 unspecified atom stereocenters. The average molecular weight is 298 g/mol. The van der Waals surface area contributed by atoms with Crippen LogP contribution in [0.2, 0.25) is 0 Å². The van der Waals surface area contributed by atoms with Crippen LogP contribution < -0.4 is 5.32 Å². The molecule has 21 heavy (non-hydrogen) atoms. The Morgan fingerprint density at radius 1 is 1.29 bits per heavy atom. The number of nitro benzene ring substituents is 1. The molecule has 0 atom stereocenters. The summed E-state index contributed by atoms with van der Waals surface area (Å²) in [5.74, 6) is 0. The molecule has 6 nitrogen and oxygen atoms in total. The lowest BCUT2D eigenvalue weighted by Gasteiger charge is -2.10. The van der Waals surface area contributed by atoms with E-state index in [9.17, 15) is 23.3 Å². The van der Waals surface area contributed by atoms with Crippen LogP contribution in [-0.4, -0.2) is 15.1 Å². The van der Waals surface area contributed by atoms with Gasteiger partial charge in [0.1, 0.15) is 5.56 Å². The topological polar surface area (TPSA) is 81.0 Å². The van der Waals surface area contributed by atoms with Crippen molar-refractivity contribution in [3.05, 3.63) is 57.9 Å². The zero-order valence-corrected chi connectivity index (χ0v) is 10.5. The summed E-state index contributed by atoms with van der Waals surface area (Å²) in [4.78, 5) is 9.57. The fraction of sp³-hybridized carbons (Fsp3) is 0.167. The van der Waals surface area contributed by atoms with E-state index in [-0.39, 0.29) is 12.2 Å². The first-order chi connectivity index (χ1) is 9.88. The van der Waals surface area contributed by atoms with E-state index in [1.54, 1.807) is 12.1 Å². The van der Waals surface area contributed by atoms with E-state index in [4.69, 9.17) is 0 Å². The molecule has 0 spiro atoms. The van der Waals surface area contributed by atoms with Gasteiger partial charge in [0.25, 0.3) is 5.69 Å². The van der Waals surface area contributed by atoms with Gasteiger partial charge in [0, 0.05) is 18.0 Å². The SMILES string of the molecule is O=[N+]([O-])c1ccc(NCc2cccnn2)cc1C(F)(F)F. The van der Waals surface area contributed by atoms with Gasteiger partial charge in [-0.25, -0.2) is 0 Å². The maximum Gasteiger partial charge on any atom is 0.423 e. The van der Waals surface area contributed by atoms with E-state index in [2.05, 4.69) is 15.5 Å². The monoisotopic (exact) mass is 298 g/mol. The van der Waals surface area contributed by atoms with Crippen molar-refractivity contribution in [3.8, 4) is 0 Å². The smallest absolute Gasteiger partial charge is 0.379 e. The predicted octanol–water partition coefficient (Wildman–Crippen LogP) is 3.02. The Kier molecular flexibility index (Phi) is 4.01. The Bertz CT molecular complexity index is 647. The van der Waals surface area contributed by atoms with Crippen molar-refractivity contribution in [1.82, 2.24) is 10.2 Å². The van der Waals surface area contributed by atoms with E-state index in [0.717, 1.165) is 6.07 Å². The van der Waals surface area contributed by atoms with E-state index >= 15 is 0 Å². The van der Waals surface area contributed by atoms with Gasteiger partial charge in [0.15, 0.2) is 0 Å². The van der Waals surface area contributed by atoms with Gasteiger partial charge >= 0.3 is 6.18 Å². The first-order valence-electron chi connectivity index (χ1n) is 5.74. The number of anilines is 1. The number of nitro groups is 1. The summed E-state index contributed by atoms with van der Waals surface area (Å²) in [6, 6.07) is 6.02. The number of halogens is 3. The third-order valence-electron chi connectivity index (χ3n) is 2.60. The van der Waals surface area contributed by atoms with Gasteiger partial charge in [-0.2, -0.15) is 23.4 Å². The van der Waals surface area contributed by atoms with E-state index < -0.39 is 22.4 Å². The Morgan fingerprint density at radius 3 is 2.62 bits per heavy atom. The van der Waals surface area contributed by atoms with Crippen LogP contribution in [-0.2, 0) is 12.7 Å². The number of hydrogen-bond acceptors (Lipinski definition) is 5. The number of nitrogens with one attached hydrogen (secondary N) is 1. The largest absolute Gasteiger partial charge is 0.423 e. The second-order valence-corrected chi connectivity index (χ2v) is 4.06. The quantitative estimate of drug-likeness (QED) is 0.693. The van der Waals surface area contributed by atoms with Crippen molar-refractivity contribution < 1.29 is 18.1 Å². The lowest BCUT2D eigenvalue weighted by molar-refractivity contribution is -0.388. The number of nitrogens with zero attached hydrogens (tertiary/aromatic N) is 3. The average Bonchev–Trinajstić information content (AvgIpc) is 2.45. The lowest BCUT2D eigenvalue weighted by atomic mass is 10.1. The molecular weight excluding hydrogens is 289 g/mol. The van der Waals surface area contributed by atoms with Crippen molar-refractivity contribution in [2.24, 2.45) is 0 Å². The van der Waals surface area contributed by atoms with Crippen LogP contribution in [0.1, 0.15) is 11.3 Å². The molecule has 2 aromatic rings. The van der Waals surface area contributed by atoms with E-state index in [0.29, 0.717) is 11.8 Å². The molecule has 0 amide bonds. The van der Waals surface area contributed by atoms with Crippen LogP contribution in [0.25, 0.3) is 0 Å². The molecule has 0 aliphatic rings. The van der Waals surface area contributed by atoms with Crippen molar-refractivity contribution >= 4 is 11.4 Å². The van der Waals surface area contributed by atoms with Crippen molar-refractivity contribution in [3.63, 3.8) is 0 Å². The van der Waals surface area contributed by atoms with Crippen LogP contribution in [0.4, 0.5) is 24.5 Å². The standard InChI is InChI=1S/C12H9F3N4O2/c13-12(14,15)10-6-8(3-4-11(10)19(20)21)16-7-9-2-1-5-17-18-9/h1-6,16H,7H2. The molecule has 0 aliphatic heterocycles. The minimum Gasteiger partial charge on any atom is -0.379 e. The molecule has 9 heteroatoms. The normalized spacial score (nSPS) is 11.2. The first-order valence-corrected chi connectivity index (χ1v) is 5.74. The second kappa shape index (κ2) is 5.73. The van der Waals surface area contributed by atoms with Crippen LogP contribution in [0, 0.1) is 10.1 Å². The Hall–Kier alpha value is -2.71. The van der Waals surface area contributed by atoms with E-state index in [1.165, 1.54) is 12.3 Å². The third-order valence-corrected chi connectivity index (χ3v) is 2.60. The zero-order chi connectivity index (χ0) is 15.5. The predicted molar refractivity (Wildman–Crippen MR) is 67.5 cm³/mol. The Balaban J connectivity index is 2.24. The molecule has 0 aliphatic carbocycles. The van der Waals surface area contributed by atoms with E-state index in [1.807, 2.05) is 0 Å². The highest BCUT2D eigenvalue weighted by atomic mass is 19.4. The van der Waals surface area contributed by atoms with Gasteiger partial charge in [-0.15, -0.1) is 0 Å². The number of hydrogen-bond donors (Lipinski definition) is 1. The third kappa shape index (κ3) is 3.65. The summed E-state index contributed by atoms with van der Waals surface area (Å²) in [6.07, 6.45) is -3.33. The number of rotatable bonds is 4. The summed E-state index contributed by atoms with van der Waals surface area (Å²) in [6.45, 7) is 0.156. The molecular formula is C12H9F3N4O2. The molecule has 0 radical (unpaired) electrons. The van der Waals surface area contributed by atoms with Gasteiger partial charge in [0.2, 0.25) is 0 Å². The summed E-state index contributed by atoms with van der Waals surface area (Å²) in [5.41, 5.74) is -1.63.